The van der Waals surface area contributed by atoms with E-state index in [4.69, 9.17) is 11.1 Å². The van der Waals surface area contributed by atoms with E-state index in [1.807, 2.05) is 29.1 Å². The molecule has 0 aliphatic heterocycles. The van der Waals surface area contributed by atoms with E-state index in [2.05, 4.69) is 46.9 Å². The number of nitrogens with one attached hydrogen (secondary N) is 1. The van der Waals surface area contributed by atoms with Crippen molar-refractivity contribution in [1.82, 2.24) is 9.55 Å². The Morgan fingerprint density at radius 3 is 2.57 bits per heavy atom. The highest BCUT2D eigenvalue weighted by molar-refractivity contribution is 9.10. The molecular weight excluding hydrogens is 328 g/mol. The lowest BCUT2D eigenvalue weighted by Gasteiger charge is -2.09. The number of hydrogen-bond donors (Lipinski definition) is 2. The van der Waals surface area contributed by atoms with Crippen LogP contribution in [-0.2, 0) is 0 Å². The van der Waals surface area contributed by atoms with Gasteiger partial charge in [-0.05, 0) is 71.2 Å². The van der Waals surface area contributed by atoms with Gasteiger partial charge in [-0.25, -0.2) is 4.98 Å². The van der Waals surface area contributed by atoms with Crippen LogP contribution in [0.5, 0.6) is 0 Å². The predicted molar refractivity (Wildman–Crippen MR) is 89.3 cm³/mol. The maximum Gasteiger partial charge on any atom is 0.123 e. The van der Waals surface area contributed by atoms with Crippen molar-refractivity contribution in [2.45, 2.75) is 13.8 Å². The zero-order valence-corrected chi connectivity index (χ0v) is 13.4. The SMILES string of the molecule is Cc1cc2ncn(-c3ccc(C(=N)N)c(Br)c3)c2cc1C. The number of amidine groups is 1. The van der Waals surface area contributed by atoms with Crippen LogP contribution in [0.15, 0.2) is 41.1 Å². The Bertz CT molecular complexity index is 864. The first-order valence-corrected chi connectivity index (χ1v) is 7.35. The molecule has 3 N–H and O–H groups in total. The number of nitrogen functional groups attached to an aromatic ring is 1. The third-order valence-electron chi connectivity index (χ3n) is 3.68. The molecule has 0 aliphatic carbocycles. The summed E-state index contributed by atoms with van der Waals surface area (Å²) < 4.78 is 2.84. The summed E-state index contributed by atoms with van der Waals surface area (Å²) >= 11 is 3.47. The van der Waals surface area contributed by atoms with E-state index < -0.39 is 0 Å². The molecule has 106 valence electrons. The monoisotopic (exact) mass is 342 g/mol. The van der Waals surface area contributed by atoms with Crippen LogP contribution in [0.4, 0.5) is 0 Å². The van der Waals surface area contributed by atoms with Crippen molar-refractivity contribution in [3.8, 4) is 5.69 Å². The van der Waals surface area contributed by atoms with Crippen molar-refractivity contribution in [1.29, 1.82) is 5.41 Å². The van der Waals surface area contributed by atoms with Crippen LogP contribution in [0, 0.1) is 19.3 Å². The van der Waals surface area contributed by atoms with Gasteiger partial charge in [0.25, 0.3) is 0 Å². The van der Waals surface area contributed by atoms with Crippen LogP contribution in [0.25, 0.3) is 16.7 Å². The molecule has 1 aromatic heterocycles. The number of imidazole rings is 1. The maximum atomic E-state index is 7.53. The third kappa shape index (κ3) is 2.34. The van der Waals surface area contributed by atoms with E-state index in [1.165, 1.54) is 11.1 Å². The van der Waals surface area contributed by atoms with Gasteiger partial charge in [0.1, 0.15) is 12.2 Å². The van der Waals surface area contributed by atoms with Crippen molar-refractivity contribution in [2.24, 2.45) is 5.73 Å². The van der Waals surface area contributed by atoms with E-state index in [1.54, 1.807) is 0 Å². The quantitative estimate of drug-likeness (QED) is 0.550. The van der Waals surface area contributed by atoms with Gasteiger partial charge in [0.15, 0.2) is 0 Å². The second-order valence-corrected chi connectivity index (χ2v) is 5.97. The average Bonchev–Trinajstić information content (AvgIpc) is 2.81. The normalized spacial score (nSPS) is 11.0. The fraction of sp³-hybridized carbons (Fsp3) is 0.125. The number of halogens is 1. The number of nitrogens with two attached hydrogens (primary N) is 1. The molecule has 0 spiro atoms. The molecule has 0 saturated heterocycles. The molecule has 0 unspecified atom stereocenters. The summed E-state index contributed by atoms with van der Waals surface area (Å²) in [6.45, 7) is 4.19. The number of rotatable bonds is 2. The van der Waals surface area contributed by atoms with Gasteiger partial charge in [-0.15, -0.1) is 0 Å². The molecule has 21 heavy (non-hydrogen) atoms. The molecule has 0 saturated carbocycles. The van der Waals surface area contributed by atoms with Crippen molar-refractivity contribution >= 4 is 32.8 Å². The lowest BCUT2D eigenvalue weighted by molar-refractivity contribution is 1.09. The largest absolute Gasteiger partial charge is 0.384 e. The summed E-state index contributed by atoms with van der Waals surface area (Å²) in [5.74, 6) is 0.0513. The molecule has 0 bridgehead atoms. The van der Waals surface area contributed by atoms with E-state index in [0.717, 1.165) is 21.2 Å². The molecule has 0 atom stereocenters. The summed E-state index contributed by atoms with van der Waals surface area (Å²) in [4.78, 5) is 4.46. The summed E-state index contributed by atoms with van der Waals surface area (Å²) in [5.41, 5.74) is 11.7. The summed E-state index contributed by atoms with van der Waals surface area (Å²) in [5, 5.41) is 7.53. The zero-order chi connectivity index (χ0) is 15.1. The van der Waals surface area contributed by atoms with Gasteiger partial charge in [0.2, 0.25) is 0 Å². The number of aryl methyl sites for hydroxylation is 2. The molecule has 0 amide bonds. The van der Waals surface area contributed by atoms with Crippen molar-refractivity contribution in [2.75, 3.05) is 0 Å². The topological polar surface area (TPSA) is 67.7 Å². The first-order chi connectivity index (χ1) is 9.97. The minimum absolute atomic E-state index is 0.0513. The number of hydrogen-bond acceptors (Lipinski definition) is 2. The van der Waals surface area contributed by atoms with E-state index in [-0.39, 0.29) is 5.84 Å². The summed E-state index contributed by atoms with van der Waals surface area (Å²) in [7, 11) is 0. The van der Waals surface area contributed by atoms with Crippen molar-refractivity contribution in [3.63, 3.8) is 0 Å². The first-order valence-electron chi connectivity index (χ1n) is 6.56. The molecular formula is C16H15BrN4. The Kier molecular flexibility index (Phi) is 3.29. The van der Waals surface area contributed by atoms with Crippen molar-refractivity contribution < 1.29 is 0 Å². The van der Waals surface area contributed by atoms with E-state index in [0.29, 0.717) is 5.56 Å². The second-order valence-electron chi connectivity index (χ2n) is 5.12. The lowest BCUT2D eigenvalue weighted by atomic mass is 10.1. The van der Waals surface area contributed by atoms with Crippen LogP contribution in [-0.4, -0.2) is 15.4 Å². The number of aromatic nitrogens is 2. The van der Waals surface area contributed by atoms with Gasteiger partial charge in [0, 0.05) is 15.7 Å². The Morgan fingerprint density at radius 2 is 1.90 bits per heavy atom. The molecule has 0 aliphatic rings. The molecule has 3 rings (SSSR count). The average molecular weight is 343 g/mol. The van der Waals surface area contributed by atoms with Crippen LogP contribution < -0.4 is 5.73 Å². The van der Waals surface area contributed by atoms with E-state index >= 15 is 0 Å². The predicted octanol–water partition coefficient (Wildman–Crippen LogP) is 3.69. The fourth-order valence-corrected chi connectivity index (χ4v) is 2.92. The first kappa shape index (κ1) is 13.8. The Balaban J connectivity index is 2.19. The minimum Gasteiger partial charge on any atom is -0.384 e. The van der Waals surface area contributed by atoms with Gasteiger partial charge >= 0.3 is 0 Å². The Morgan fingerprint density at radius 1 is 1.19 bits per heavy atom. The fourth-order valence-electron chi connectivity index (χ4n) is 2.34. The van der Waals surface area contributed by atoms with Crippen molar-refractivity contribution in [3.05, 3.63) is 57.8 Å². The molecule has 3 aromatic rings. The highest BCUT2D eigenvalue weighted by Crippen LogP contribution is 2.25. The third-order valence-corrected chi connectivity index (χ3v) is 4.34. The van der Waals surface area contributed by atoms with Crippen LogP contribution in [0.1, 0.15) is 16.7 Å². The van der Waals surface area contributed by atoms with Gasteiger partial charge < -0.3 is 5.73 Å². The molecule has 5 heteroatoms. The maximum absolute atomic E-state index is 7.53. The molecule has 4 nitrogen and oxygen atoms in total. The number of fused-ring (bicyclic) bond motifs is 1. The molecule has 2 aromatic carbocycles. The Labute approximate surface area is 131 Å². The Hall–Kier alpha value is -2.14. The van der Waals surface area contributed by atoms with Gasteiger partial charge in [0.05, 0.1) is 11.0 Å². The number of benzene rings is 2. The highest BCUT2D eigenvalue weighted by Gasteiger charge is 2.09. The molecule has 1 heterocycles. The van der Waals surface area contributed by atoms with Gasteiger partial charge in [-0.2, -0.15) is 0 Å². The smallest absolute Gasteiger partial charge is 0.123 e. The highest BCUT2D eigenvalue weighted by atomic mass is 79.9. The zero-order valence-electron chi connectivity index (χ0n) is 11.8. The van der Waals surface area contributed by atoms with E-state index in [9.17, 15) is 0 Å². The summed E-state index contributed by atoms with van der Waals surface area (Å²) in [6.07, 6.45) is 1.82. The standard InChI is InChI=1S/C16H15BrN4/c1-9-5-14-15(6-10(9)2)21(8-20-14)11-3-4-12(16(18)19)13(17)7-11/h3-8H,1-2H3,(H3,18,19). The number of nitrogens with zero attached hydrogens (tertiary/aromatic N) is 2. The second kappa shape index (κ2) is 5.00. The van der Waals surface area contributed by atoms with Gasteiger partial charge in [-0.1, -0.05) is 0 Å². The van der Waals surface area contributed by atoms with Gasteiger partial charge in [-0.3, -0.25) is 9.98 Å². The van der Waals surface area contributed by atoms with Crippen LogP contribution in [0.3, 0.4) is 0 Å². The van der Waals surface area contributed by atoms with Crippen LogP contribution in [0.2, 0.25) is 0 Å². The summed E-state index contributed by atoms with van der Waals surface area (Å²) in [6, 6.07) is 9.98. The molecule has 0 fully saturated rings. The minimum atomic E-state index is 0.0513. The lowest BCUT2D eigenvalue weighted by Crippen LogP contribution is -2.11. The molecule has 0 radical (unpaired) electrons. The van der Waals surface area contributed by atoms with Crippen LogP contribution >= 0.6 is 15.9 Å².